The molecular formula is C17H16F3N5O2S. The number of fused-ring (bicyclic) bond motifs is 1. The maximum Gasteiger partial charge on any atom is 0.417 e. The number of pyridine rings is 2. The number of hydrogen-bond donors (Lipinski definition) is 2. The third-order valence-corrected chi connectivity index (χ3v) is 4.78. The Balaban J connectivity index is 1.87. The van der Waals surface area contributed by atoms with Crippen molar-refractivity contribution in [3.05, 3.63) is 40.8 Å². The van der Waals surface area contributed by atoms with Crippen molar-refractivity contribution in [3.8, 4) is 0 Å². The number of nitrogens with zero attached hydrogens (tertiary/aromatic N) is 3. The molecule has 3 aromatic rings. The number of hydrogen-bond acceptors (Lipinski definition) is 6. The van der Waals surface area contributed by atoms with Gasteiger partial charge in [0, 0.05) is 18.9 Å². The number of carbonyl (C=O) groups is 1. The first-order chi connectivity index (χ1) is 13.2. The van der Waals surface area contributed by atoms with Gasteiger partial charge in [0.15, 0.2) is 0 Å². The quantitative estimate of drug-likeness (QED) is 0.646. The molecule has 2 N–H and O–H groups in total. The molecule has 11 heteroatoms. The van der Waals surface area contributed by atoms with Crippen LogP contribution in [0, 0.1) is 6.92 Å². The molecule has 0 aliphatic rings. The second-order valence-corrected chi connectivity index (χ2v) is 7.07. The lowest BCUT2D eigenvalue weighted by Gasteiger charge is -2.16. The highest BCUT2D eigenvalue weighted by molar-refractivity contribution is 7.18. The number of aromatic nitrogens is 3. The van der Waals surface area contributed by atoms with E-state index in [0.29, 0.717) is 27.8 Å². The number of ether oxygens (including phenoxy) is 1. The molecule has 0 aromatic carbocycles. The van der Waals surface area contributed by atoms with Crippen LogP contribution in [0.2, 0.25) is 0 Å². The van der Waals surface area contributed by atoms with E-state index in [9.17, 15) is 18.0 Å². The summed E-state index contributed by atoms with van der Waals surface area (Å²) in [5.41, 5.74) is 0.543. The average molecular weight is 411 g/mol. The van der Waals surface area contributed by atoms with Crippen molar-refractivity contribution in [1.29, 1.82) is 0 Å². The summed E-state index contributed by atoms with van der Waals surface area (Å²) in [6.07, 6.45) is -1.67. The van der Waals surface area contributed by atoms with Crippen molar-refractivity contribution in [1.82, 2.24) is 15.0 Å². The Labute approximate surface area is 162 Å². The first-order valence-electron chi connectivity index (χ1n) is 8.08. The van der Waals surface area contributed by atoms with E-state index in [0.717, 1.165) is 17.3 Å². The van der Waals surface area contributed by atoms with Crippen molar-refractivity contribution in [2.75, 3.05) is 17.7 Å². The van der Waals surface area contributed by atoms with E-state index in [4.69, 9.17) is 4.74 Å². The maximum absolute atomic E-state index is 12.8. The fourth-order valence-electron chi connectivity index (χ4n) is 2.58. The predicted octanol–water partition coefficient (Wildman–Crippen LogP) is 4.76. The van der Waals surface area contributed by atoms with Crippen molar-refractivity contribution in [2.24, 2.45) is 0 Å². The number of methoxy groups -OCH3 is 1. The fourth-order valence-corrected chi connectivity index (χ4v) is 3.35. The third kappa shape index (κ3) is 4.20. The first kappa shape index (κ1) is 20.0. The SMILES string of the molecule is COC(C)c1c(NC(=O)Nc2cncc(C(F)(F)F)c2)cnc2sc(C)nc12. The molecule has 3 heterocycles. The van der Waals surface area contributed by atoms with E-state index in [1.165, 1.54) is 24.6 Å². The van der Waals surface area contributed by atoms with E-state index >= 15 is 0 Å². The molecule has 0 bridgehead atoms. The standard InChI is InChI=1S/C17H16F3N5O2S/c1-8(27-3)13-12(7-22-15-14(13)23-9(2)28-15)25-16(26)24-11-4-10(5-21-6-11)17(18,19)20/h4-8H,1-3H3,(H2,24,25,26). The molecule has 7 nitrogen and oxygen atoms in total. The number of alkyl halides is 3. The van der Waals surface area contributed by atoms with Gasteiger partial charge < -0.3 is 15.4 Å². The Hall–Kier alpha value is -2.79. The van der Waals surface area contributed by atoms with Gasteiger partial charge in [-0.3, -0.25) is 4.98 Å². The number of nitrogens with one attached hydrogen (secondary N) is 2. The van der Waals surface area contributed by atoms with Crippen LogP contribution < -0.4 is 10.6 Å². The summed E-state index contributed by atoms with van der Waals surface area (Å²) in [7, 11) is 1.52. The van der Waals surface area contributed by atoms with E-state index in [-0.39, 0.29) is 5.69 Å². The molecule has 0 radical (unpaired) electrons. The highest BCUT2D eigenvalue weighted by Gasteiger charge is 2.31. The Morgan fingerprint density at radius 2 is 2.00 bits per heavy atom. The van der Waals surface area contributed by atoms with Gasteiger partial charge in [0.2, 0.25) is 0 Å². The Morgan fingerprint density at radius 1 is 1.25 bits per heavy atom. The molecule has 0 saturated carbocycles. The van der Waals surface area contributed by atoms with Crippen LogP contribution in [0.3, 0.4) is 0 Å². The molecule has 0 spiro atoms. The zero-order chi connectivity index (χ0) is 20.5. The van der Waals surface area contributed by atoms with Crippen LogP contribution >= 0.6 is 11.3 Å². The van der Waals surface area contributed by atoms with Crippen molar-refractivity contribution < 1.29 is 22.7 Å². The maximum atomic E-state index is 12.8. The van der Waals surface area contributed by atoms with Gasteiger partial charge in [0.1, 0.15) is 10.3 Å². The molecule has 2 amide bonds. The highest BCUT2D eigenvalue weighted by Crippen LogP contribution is 2.34. The van der Waals surface area contributed by atoms with Gasteiger partial charge in [-0.05, 0) is 19.9 Å². The van der Waals surface area contributed by atoms with Gasteiger partial charge in [0.25, 0.3) is 0 Å². The smallest absolute Gasteiger partial charge is 0.377 e. The van der Waals surface area contributed by atoms with Gasteiger partial charge in [-0.25, -0.2) is 14.8 Å². The van der Waals surface area contributed by atoms with Gasteiger partial charge in [-0.2, -0.15) is 13.2 Å². The largest absolute Gasteiger partial charge is 0.417 e. The van der Waals surface area contributed by atoms with Crippen LogP contribution in [0.4, 0.5) is 29.3 Å². The number of halogens is 3. The van der Waals surface area contributed by atoms with Crippen molar-refractivity contribution >= 4 is 39.1 Å². The topological polar surface area (TPSA) is 89.0 Å². The molecule has 1 atom stereocenters. The first-order valence-corrected chi connectivity index (χ1v) is 8.89. The summed E-state index contributed by atoms with van der Waals surface area (Å²) in [4.78, 5) is 25.3. The summed E-state index contributed by atoms with van der Waals surface area (Å²) in [5.74, 6) is 0. The van der Waals surface area contributed by atoms with Gasteiger partial charge in [-0.15, -0.1) is 0 Å². The van der Waals surface area contributed by atoms with Crippen LogP contribution in [0.1, 0.15) is 29.2 Å². The van der Waals surface area contributed by atoms with Gasteiger partial charge in [0.05, 0.1) is 40.4 Å². The molecular weight excluding hydrogens is 395 g/mol. The van der Waals surface area contributed by atoms with Crippen molar-refractivity contribution in [2.45, 2.75) is 26.1 Å². The van der Waals surface area contributed by atoms with Crippen LogP contribution in [-0.2, 0) is 10.9 Å². The summed E-state index contributed by atoms with van der Waals surface area (Å²) >= 11 is 1.41. The molecule has 28 heavy (non-hydrogen) atoms. The number of carbonyl (C=O) groups excluding carboxylic acids is 1. The van der Waals surface area contributed by atoms with Crippen LogP contribution in [0.25, 0.3) is 10.3 Å². The lowest BCUT2D eigenvalue weighted by Crippen LogP contribution is -2.21. The third-order valence-electron chi connectivity index (χ3n) is 3.90. The normalized spacial score (nSPS) is 12.8. The van der Waals surface area contributed by atoms with Crippen molar-refractivity contribution in [3.63, 3.8) is 0 Å². The molecule has 0 aliphatic heterocycles. The monoisotopic (exact) mass is 411 g/mol. The minimum absolute atomic E-state index is 0.0906. The summed E-state index contributed by atoms with van der Waals surface area (Å²) in [6.45, 7) is 3.64. The molecule has 3 aromatic heterocycles. The molecule has 0 aliphatic carbocycles. The number of anilines is 2. The predicted molar refractivity (Wildman–Crippen MR) is 99.5 cm³/mol. The lowest BCUT2D eigenvalue weighted by atomic mass is 10.1. The number of thiazole rings is 1. The summed E-state index contributed by atoms with van der Waals surface area (Å²) in [5, 5.41) is 5.75. The van der Waals surface area contributed by atoms with E-state index in [1.807, 2.05) is 6.92 Å². The molecule has 0 fully saturated rings. The van der Waals surface area contributed by atoms with Crippen LogP contribution in [0.5, 0.6) is 0 Å². The molecule has 0 saturated heterocycles. The number of rotatable bonds is 4. The Morgan fingerprint density at radius 3 is 2.68 bits per heavy atom. The Kier molecular flexibility index (Phi) is 5.47. The average Bonchev–Trinajstić information content (AvgIpc) is 3.00. The van der Waals surface area contributed by atoms with Gasteiger partial charge >= 0.3 is 12.2 Å². The summed E-state index contributed by atoms with van der Waals surface area (Å²) < 4.78 is 43.7. The van der Waals surface area contributed by atoms with Crippen LogP contribution in [-0.4, -0.2) is 28.1 Å². The minimum Gasteiger partial charge on any atom is -0.377 e. The zero-order valence-corrected chi connectivity index (χ0v) is 15.9. The second-order valence-electron chi connectivity index (χ2n) is 5.89. The summed E-state index contributed by atoms with van der Waals surface area (Å²) in [6, 6.07) is 0.0648. The van der Waals surface area contributed by atoms with E-state index in [1.54, 1.807) is 6.92 Å². The van der Waals surface area contributed by atoms with E-state index in [2.05, 4.69) is 25.6 Å². The lowest BCUT2D eigenvalue weighted by molar-refractivity contribution is -0.137. The minimum atomic E-state index is -4.56. The highest BCUT2D eigenvalue weighted by atomic mass is 32.1. The van der Waals surface area contributed by atoms with Crippen LogP contribution in [0.15, 0.2) is 24.7 Å². The second kappa shape index (κ2) is 7.68. The molecule has 1 unspecified atom stereocenters. The number of urea groups is 1. The zero-order valence-electron chi connectivity index (χ0n) is 15.1. The molecule has 148 valence electrons. The fraction of sp³-hybridized carbons (Fsp3) is 0.294. The van der Waals surface area contributed by atoms with E-state index < -0.39 is 23.9 Å². The van der Waals surface area contributed by atoms with Gasteiger partial charge in [-0.1, -0.05) is 11.3 Å². The Bertz CT molecular complexity index is 1020. The number of amides is 2. The molecule has 3 rings (SSSR count). The number of aryl methyl sites for hydroxylation is 1.